The maximum atomic E-state index is 12.9. The van der Waals surface area contributed by atoms with Crippen LogP contribution in [0.15, 0.2) is 24.3 Å². The Bertz CT molecular complexity index is 473. The van der Waals surface area contributed by atoms with Crippen molar-refractivity contribution in [1.29, 1.82) is 0 Å². The largest absolute Gasteiger partial charge is 0.338 e. The van der Waals surface area contributed by atoms with Gasteiger partial charge >= 0.3 is 0 Å². The molecule has 2 aliphatic rings. The number of hydrogen-bond acceptors (Lipinski definition) is 3. The summed E-state index contributed by atoms with van der Waals surface area (Å²) >= 11 is 1.78. The van der Waals surface area contributed by atoms with E-state index in [2.05, 4.69) is 5.32 Å². The molecule has 1 aromatic rings. The predicted molar refractivity (Wildman–Crippen MR) is 79.1 cm³/mol. The van der Waals surface area contributed by atoms with Gasteiger partial charge in [0.05, 0.1) is 6.04 Å². The SMILES string of the molecule is O=C(C1CSCN1)N1CCCC1Cc1ccc(F)cc1. The van der Waals surface area contributed by atoms with Crippen molar-refractivity contribution in [2.45, 2.75) is 31.3 Å². The second-order valence-corrected chi connectivity index (χ2v) is 6.46. The second-order valence-electron chi connectivity index (χ2n) is 5.43. The van der Waals surface area contributed by atoms with E-state index >= 15 is 0 Å². The first-order valence-electron chi connectivity index (χ1n) is 7.10. The molecule has 2 aliphatic heterocycles. The van der Waals surface area contributed by atoms with Crippen molar-refractivity contribution in [1.82, 2.24) is 10.2 Å². The lowest BCUT2D eigenvalue weighted by Crippen LogP contribution is -2.47. The lowest BCUT2D eigenvalue weighted by Gasteiger charge is -2.27. The fourth-order valence-electron chi connectivity index (χ4n) is 2.98. The summed E-state index contributed by atoms with van der Waals surface area (Å²) < 4.78 is 12.9. The van der Waals surface area contributed by atoms with Crippen LogP contribution in [0.2, 0.25) is 0 Å². The number of halogens is 1. The quantitative estimate of drug-likeness (QED) is 0.926. The van der Waals surface area contributed by atoms with Crippen molar-refractivity contribution in [2.75, 3.05) is 18.2 Å². The molecule has 5 heteroatoms. The molecular weight excluding hydrogens is 275 g/mol. The van der Waals surface area contributed by atoms with Crippen LogP contribution in [0.3, 0.4) is 0 Å². The van der Waals surface area contributed by atoms with E-state index in [1.165, 1.54) is 12.1 Å². The van der Waals surface area contributed by atoms with Crippen LogP contribution in [0.5, 0.6) is 0 Å². The number of hydrogen-bond donors (Lipinski definition) is 1. The average Bonchev–Trinajstić information content (AvgIpc) is 3.12. The van der Waals surface area contributed by atoms with Gasteiger partial charge in [0.25, 0.3) is 0 Å². The van der Waals surface area contributed by atoms with Crippen molar-refractivity contribution >= 4 is 17.7 Å². The smallest absolute Gasteiger partial charge is 0.240 e. The summed E-state index contributed by atoms with van der Waals surface area (Å²) in [4.78, 5) is 14.5. The molecule has 0 radical (unpaired) electrons. The van der Waals surface area contributed by atoms with Crippen LogP contribution in [0.1, 0.15) is 18.4 Å². The van der Waals surface area contributed by atoms with E-state index in [1.54, 1.807) is 11.8 Å². The molecule has 3 nitrogen and oxygen atoms in total. The third kappa shape index (κ3) is 2.99. The second kappa shape index (κ2) is 6.14. The minimum atomic E-state index is -0.208. The maximum absolute atomic E-state index is 12.9. The highest BCUT2D eigenvalue weighted by Crippen LogP contribution is 2.24. The van der Waals surface area contributed by atoms with Crippen molar-refractivity contribution in [2.24, 2.45) is 0 Å². The van der Waals surface area contributed by atoms with Gasteiger partial charge < -0.3 is 4.90 Å². The molecule has 108 valence electrons. The Morgan fingerprint density at radius 3 is 2.90 bits per heavy atom. The monoisotopic (exact) mass is 294 g/mol. The lowest BCUT2D eigenvalue weighted by molar-refractivity contribution is -0.133. The summed E-state index contributed by atoms with van der Waals surface area (Å²) in [5, 5.41) is 3.25. The molecule has 2 fully saturated rings. The molecule has 3 rings (SSSR count). The number of thioether (sulfide) groups is 1. The molecule has 1 aromatic carbocycles. The molecule has 20 heavy (non-hydrogen) atoms. The Balaban J connectivity index is 1.65. The van der Waals surface area contributed by atoms with Gasteiger partial charge in [0.15, 0.2) is 0 Å². The number of nitrogens with one attached hydrogen (secondary N) is 1. The van der Waals surface area contributed by atoms with Gasteiger partial charge in [0.1, 0.15) is 5.82 Å². The molecule has 1 N–H and O–H groups in total. The van der Waals surface area contributed by atoms with E-state index in [1.807, 2.05) is 17.0 Å². The summed E-state index contributed by atoms with van der Waals surface area (Å²) in [6.45, 7) is 0.855. The summed E-state index contributed by atoms with van der Waals surface area (Å²) in [6.07, 6.45) is 2.94. The van der Waals surface area contributed by atoms with E-state index in [0.29, 0.717) is 0 Å². The zero-order valence-corrected chi connectivity index (χ0v) is 12.2. The van der Waals surface area contributed by atoms with Gasteiger partial charge in [-0.05, 0) is 37.0 Å². The van der Waals surface area contributed by atoms with Gasteiger partial charge in [0.2, 0.25) is 5.91 Å². The molecule has 0 saturated carbocycles. The third-order valence-corrected chi connectivity index (χ3v) is 5.00. The zero-order valence-electron chi connectivity index (χ0n) is 11.3. The van der Waals surface area contributed by atoms with E-state index in [-0.39, 0.29) is 23.8 Å². The van der Waals surface area contributed by atoms with Crippen LogP contribution in [-0.4, -0.2) is 41.1 Å². The summed E-state index contributed by atoms with van der Waals surface area (Å²) in [5.74, 6) is 1.77. The Hall–Kier alpha value is -1.07. The highest BCUT2D eigenvalue weighted by Gasteiger charge is 2.34. The van der Waals surface area contributed by atoms with Crippen LogP contribution in [0.25, 0.3) is 0 Å². The van der Waals surface area contributed by atoms with E-state index in [9.17, 15) is 9.18 Å². The highest BCUT2D eigenvalue weighted by atomic mass is 32.2. The van der Waals surface area contributed by atoms with Gasteiger partial charge in [0, 0.05) is 24.2 Å². The fourth-order valence-corrected chi connectivity index (χ4v) is 3.92. The molecular formula is C15H19FN2OS. The van der Waals surface area contributed by atoms with Gasteiger partial charge in [-0.3, -0.25) is 10.1 Å². The van der Waals surface area contributed by atoms with Crippen LogP contribution in [-0.2, 0) is 11.2 Å². The number of carbonyl (C=O) groups is 1. The molecule has 1 amide bonds. The standard InChI is InChI=1S/C15H19FN2OS/c16-12-5-3-11(4-6-12)8-13-2-1-7-18(13)15(19)14-9-20-10-17-14/h3-6,13-14,17H,1-2,7-10H2. The van der Waals surface area contributed by atoms with Gasteiger partial charge in [-0.15, -0.1) is 11.8 Å². The summed E-state index contributed by atoms with van der Waals surface area (Å²) in [5.41, 5.74) is 1.10. The number of rotatable bonds is 3. The first-order valence-corrected chi connectivity index (χ1v) is 8.25. The zero-order chi connectivity index (χ0) is 13.9. The van der Waals surface area contributed by atoms with Gasteiger partial charge in [-0.1, -0.05) is 12.1 Å². The molecule has 0 aromatic heterocycles. The van der Waals surface area contributed by atoms with Crippen molar-refractivity contribution in [3.05, 3.63) is 35.6 Å². The molecule has 0 bridgehead atoms. The summed E-state index contributed by atoms with van der Waals surface area (Å²) in [6, 6.07) is 6.87. The van der Waals surface area contributed by atoms with Crippen LogP contribution >= 0.6 is 11.8 Å². The number of benzene rings is 1. The Morgan fingerprint density at radius 2 is 2.20 bits per heavy atom. The normalized spacial score (nSPS) is 26.1. The van der Waals surface area contributed by atoms with E-state index in [4.69, 9.17) is 0 Å². The molecule has 2 heterocycles. The van der Waals surface area contributed by atoms with Crippen molar-refractivity contribution in [3.8, 4) is 0 Å². The van der Waals surface area contributed by atoms with Crippen molar-refractivity contribution < 1.29 is 9.18 Å². The third-order valence-electron chi connectivity index (χ3n) is 4.06. The maximum Gasteiger partial charge on any atom is 0.240 e. The lowest BCUT2D eigenvalue weighted by atomic mass is 10.0. The predicted octanol–water partition coefficient (Wildman–Crippen LogP) is 2.02. The van der Waals surface area contributed by atoms with Crippen LogP contribution in [0.4, 0.5) is 4.39 Å². The first kappa shape index (κ1) is 13.9. The van der Waals surface area contributed by atoms with E-state index < -0.39 is 0 Å². The Kier molecular flexibility index (Phi) is 4.27. The molecule has 2 atom stereocenters. The van der Waals surface area contributed by atoms with Crippen molar-refractivity contribution in [3.63, 3.8) is 0 Å². The van der Waals surface area contributed by atoms with E-state index in [0.717, 1.165) is 43.0 Å². The molecule has 0 spiro atoms. The number of amides is 1. The Morgan fingerprint density at radius 1 is 1.40 bits per heavy atom. The Labute approximate surface area is 122 Å². The summed E-state index contributed by atoms with van der Waals surface area (Å²) in [7, 11) is 0. The first-order chi connectivity index (χ1) is 9.74. The number of likely N-dealkylation sites (tertiary alicyclic amines) is 1. The average molecular weight is 294 g/mol. The molecule has 2 saturated heterocycles. The van der Waals surface area contributed by atoms with Gasteiger partial charge in [-0.2, -0.15) is 0 Å². The van der Waals surface area contributed by atoms with Crippen LogP contribution < -0.4 is 5.32 Å². The highest BCUT2D eigenvalue weighted by molar-refractivity contribution is 7.99. The van der Waals surface area contributed by atoms with Crippen LogP contribution in [0, 0.1) is 5.82 Å². The van der Waals surface area contributed by atoms with Gasteiger partial charge in [-0.25, -0.2) is 4.39 Å². The minimum absolute atomic E-state index is 0.0196. The topological polar surface area (TPSA) is 32.3 Å². The fraction of sp³-hybridized carbons (Fsp3) is 0.533. The number of carbonyl (C=O) groups excluding carboxylic acids is 1. The number of nitrogens with zero attached hydrogens (tertiary/aromatic N) is 1. The minimum Gasteiger partial charge on any atom is -0.338 e. The molecule has 2 unspecified atom stereocenters. The molecule has 0 aliphatic carbocycles.